The molecular weight excluding hydrogens is 244 g/mol. The molecule has 100 valence electrons. The van der Waals surface area contributed by atoms with E-state index in [1.165, 1.54) is 29.2 Å². The number of carbonyl (C=O) groups is 1. The van der Waals surface area contributed by atoms with Crippen LogP contribution in [0.3, 0.4) is 0 Å². The zero-order chi connectivity index (χ0) is 13.5. The van der Waals surface area contributed by atoms with Crippen LogP contribution in [0.2, 0.25) is 0 Å². The van der Waals surface area contributed by atoms with Gasteiger partial charge in [-0.25, -0.2) is 13.6 Å². The Morgan fingerprint density at radius 1 is 1.39 bits per heavy atom. The number of carboxylic acid groups (broad SMARTS) is 1. The van der Waals surface area contributed by atoms with Crippen LogP contribution in [0.15, 0.2) is 24.3 Å². The van der Waals surface area contributed by atoms with Gasteiger partial charge in [-0.15, -0.1) is 0 Å². The number of ether oxygens (including phenoxy) is 1. The van der Waals surface area contributed by atoms with E-state index in [9.17, 15) is 13.6 Å². The highest BCUT2D eigenvalue weighted by atomic mass is 19.3. The minimum Gasteiger partial charge on any atom is -0.492 e. The summed E-state index contributed by atoms with van der Waals surface area (Å²) in [6, 6.07) is 5.94. The van der Waals surface area contributed by atoms with Crippen molar-refractivity contribution in [3.05, 3.63) is 29.8 Å². The molecular formula is C12H15F2NO3. The fraction of sp³-hybridized carbons (Fsp3) is 0.417. The Kier molecular flexibility index (Phi) is 5.51. The smallest absolute Gasteiger partial charge is 0.335 e. The summed E-state index contributed by atoms with van der Waals surface area (Å²) in [5.41, 5.74) is 0.178. The second-order valence-corrected chi connectivity index (χ2v) is 3.83. The van der Waals surface area contributed by atoms with Crippen molar-refractivity contribution < 1.29 is 23.4 Å². The van der Waals surface area contributed by atoms with Crippen LogP contribution in [0.1, 0.15) is 10.4 Å². The maximum atomic E-state index is 12.0. The molecule has 0 fully saturated rings. The van der Waals surface area contributed by atoms with E-state index >= 15 is 0 Å². The largest absolute Gasteiger partial charge is 0.492 e. The third-order valence-corrected chi connectivity index (χ3v) is 2.29. The first-order chi connectivity index (χ1) is 8.49. The standard InChI is InChI=1S/C12H15F2NO3/c1-15(8-11(13)14)6-7-18-10-4-2-9(3-5-10)12(16)17/h2-5,11H,6-8H2,1H3,(H,16,17). The number of alkyl halides is 2. The molecule has 0 saturated carbocycles. The first kappa shape index (κ1) is 14.4. The SMILES string of the molecule is CN(CCOc1ccc(C(=O)O)cc1)CC(F)F. The molecule has 1 N–H and O–H groups in total. The van der Waals surface area contributed by atoms with E-state index in [-0.39, 0.29) is 18.7 Å². The second kappa shape index (κ2) is 6.90. The van der Waals surface area contributed by atoms with Crippen LogP contribution in [0.25, 0.3) is 0 Å². The average Bonchev–Trinajstić information content (AvgIpc) is 2.28. The van der Waals surface area contributed by atoms with E-state index in [1.54, 1.807) is 7.05 Å². The normalized spacial score (nSPS) is 10.9. The van der Waals surface area contributed by atoms with Crippen molar-refractivity contribution in [2.75, 3.05) is 26.7 Å². The Hall–Kier alpha value is -1.69. The molecule has 1 aromatic rings. The van der Waals surface area contributed by atoms with Gasteiger partial charge >= 0.3 is 5.97 Å². The first-order valence-electron chi connectivity index (χ1n) is 5.42. The molecule has 0 heterocycles. The van der Waals surface area contributed by atoms with Gasteiger partial charge in [0.05, 0.1) is 12.1 Å². The summed E-state index contributed by atoms with van der Waals surface area (Å²) in [6.45, 7) is 0.363. The van der Waals surface area contributed by atoms with E-state index in [2.05, 4.69) is 0 Å². The highest BCUT2D eigenvalue weighted by Gasteiger charge is 2.07. The summed E-state index contributed by atoms with van der Waals surface area (Å²) in [4.78, 5) is 12.1. The van der Waals surface area contributed by atoms with Gasteiger partial charge in [-0.2, -0.15) is 0 Å². The van der Waals surface area contributed by atoms with Crippen LogP contribution < -0.4 is 4.74 Å². The Morgan fingerprint density at radius 2 is 2.00 bits per heavy atom. The van der Waals surface area contributed by atoms with Gasteiger partial charge in [-0.3, -0.25) is 4.90 Å². The zero-order valence-electron chi connectivity index (χ0n) is 9.97. The number of benzene rings is 1. The number of likely N-dealkylation sites (N-methyl/N-ethyl adjacent to an activating group) is 1. The molecule has 4 nitrogen and oxygen atoms in total. The minimum absolute atomic E-state index is 0.178. The van der Waals surface area contributed by atoms with Crippen molar-refractivity contribution in [1.29, 1.82) is 0 Å². The van der Waals surface area contributed by atoms with Crippen LogP contribution >= 0.6 is 0 Å². The lowest BCUT2D eigenvalue weighted by atomic mass is 10.2. The summed E-state index contributed by atoms with van der Waals surface area (Å²) in [5.74, 6) is -0.483. The summed E-state index contributed by atoms with van der Waals surface area (Å²) < 4.78 is 29.3. The Balaban J connectivity index is 2.33. The van der Waals surface area contributed by atoms with Gasteiger partial charge in [0, 0.05) is 6.54 Å². The summed E-state index contributed by atoms with van der Waals surface area (Å²) in [6.07, 6.45) is -2.36. The average molecular weight is 259 g/mol. The molecule has 0 aliphatic rings. The van der Waals surface area contributed by atoms with Crippen molar-refractivity contribution in [3.63, 3.8) is 0 Å². The molecule has 0 atom stereocenters. The van der Waals surface area contributed by atoms with E-state index < -0.39 is 12.4 Å². The quantitative estimate of drug-likeness (QED) is 0.813. The number of halogens is 2. The number of nitrogens with zero attached hydrogens (tertiary/aromatic N) is 1. The molecule has 0 amide bonds. The van der Waals surface area contributed by atoms with E-state index in [4.69, 9.17) is 9.84 Å². The second-order valence-electron chi connectivity index (χ2n) is 3.83. The van der Waals surface area contributed by atoms with Crippen LogP contribution in [-0.4, -0.2) is 49.1 Å². The molecule has 0 unspecified atom stereocenters. The monoisotopic (exact) mass is 259 g/mol. The van der Waals surface area contributed by atoms with Crippen LogP contribution in [0.4, 0.5) is 8.78 Å². The molecule has 1 aromatic carbocycles. The van der Waals surface area contributed by atoms with Crippen LogP contribution in [-0.2, 0) is 0 Å². The van der Waals surface area contributed by atoms with Gasteiger partial charge in [-0.05, 0) is 31.3 Å². The summed E-state index contributed by atoms with van der Waals surface area (Å²) in [5, 5.41) is 8.69. The molecule has 1 rings (SSSR count). The number of hydrogen-bond acceptors (Lipinski definition) is 3. The van der Waals surface area contributed by atoms with Crippen molar-refractivity contribution in [1.82, 2.24) is 4.90 Å². The zero-order valence-corrected chi connectivity index (χ0v) is 9.97. The van der Waals surface area contributed by atoms with Crippen LogP contribution in [0, 0.1) is 0 Å². The molecule has 0 aromatic heterocycles. The maximum Gasteiger partial charge on any atom is 0.335 e. The summed E-state index contributed by atoms with van der Waals surface area (Å²) >= 11 is 0. The van der Waals surface area contributed by atoms with Crippen molar-refractivity contribution in [2.24, 2.45) is 0 Å². The molecule has 6 heteroatoms. The van der Waals surface area contributed by atoms with Crippen molar-refractivity contribution in [3.8, 4) is 5.75 Å². The predicted molar refractivity (Wildman–Crippen MR) is 62.4 cm³/mol. The molecule has 0 spiro atoms. The van der Waals surface area contributed by atoms with Gasteiger partial charge in [0.2, 0.25) is 0 Å². The van der Waals surface area contributed by atoms with Gasteiger partial charge in [0.15, 0.2) is 0 Å². The number of hydrogen-bond donors (Lipinski definition) is 1. The molecule has 18 heavy (non-hydrogen) atoms. The van der Waals surface area contributed by atoms with E-state index in [0.29, 0.717) is 12.3 Å². The van der Waals surface area contributed by atoms with Gasteiger partial charge in [-0.1, -0.05) is 0 Å². The molecule has 0 bridgehead atoms. The van der Waals surface area contributed by atoms with Crippen molar-refractivity contribution >= 4 is 5.97 Å². The Morgan fingerprint density at radius 3 is 2.50 bits per heavy atom. The fourth-order valence-electron chi connectivity index (χ4n) is 1.34. The third kappa shape index (κ3) is 5.09. The third-order valence-electron chi connectivity index (χ3n) is 2.29. The number of aromatic carboxylic acids is 1. The van der Waals surface area contributed by atoms with Crippen LogP contribution in [0.5, 0.6) is 5.75 Å². The van der Waals surface area contributed by atoms with E-state index in [1.807, 2.05) is 0 Å². The lowest BCUT2D eigenvalue weighted by molar-refractivity contribution is 0.0697. The topological polar surface area (TPSA) is 49.8 Å². The Bertz CT molecular complexity index is 381. The highest BCUT2D eigenvalue weighted by Crippen LogP contribution is 2.12. The molecule has 0 aliphatic carbocycles. The number of rotatable bonds is 7. The minimum atomic E-state index is -2.36. The van der Waals surface area contributed by atoms with Gasteiger partial charge in [0.25, 0.3) is 6.43 Å². The highest BCUT2D eigenvalue weighted by molar-refractivity contribution is 5.87. The molecule has 0 saturated heterocycles. The first-order valence-corrected chi connectivity index (χ1v) is 5.42. The maximum absolute atomic E-state index is 12.0. The lowest BCUT2D eigenvalue weighted by Gasteiger charge is -2.16. The molecule has 0 aliphatic heterocycles. The lowest BCUT2D eigenvalue weighted by Crippen LogP contribution is -2.28. The summed E-state index contributed by atoms with van der Waals surface area (Å²) in [7, 11) is 1.59. The van der Waals surface area contributed by atoms with Gasteiger partial charge < -0.3 is 9.84 Å². The fourth-order valence-corrected chi connectivity index (χ4v) is 1.34. The predicted octanol–water partition coefficient (Wildman–Crippen LogP) is 1.96. The van der Waals surface area contributed by atoms with Gasteiger partial charge in [0.1, 0.15) is 12.4 Å². The number of carboxylic acids is 1. The van der Waals surface area contributed by atoms with E-state index in [0.717, 1.165) is 0 Å². The van der Waals surface area contributed by atoms with Crippen molar-refractivity contribution in [2.45, 2.75) is 6.43 Å². The molecule has 0 radical (unpaired) electrons. The Labute approximate surface area is 104 Å².